The third-order valence-electron chi connectivity index (χ3n) is 6.67. The van der Waals surface area contributed by atoms with E-state index in [9.17, 15) is 32.7 Å². The van der Waals surface area contributed by atoms with Crippen LogP contribution in [0.2, 0.25) is 0 Å². The number of nitrogens with one attached hydrogen (secondary N) is 3. The van der Waals surface area contributed by atoms with E-state index in [0.717, 1.165) is 7.11 Å². The summed E-state index contributed by atoms with van der Waals surface area (Å²) < 4.78 is 31.2. The molecule has 1 aliphatic heterocycles. The fourth-order valence-electron chi connectivity index (χ4n) is 4.32. The summed E-state index contributed by atoms with van der Waals surface area (Å²) in [4.78, 5) is 52.6. The molecule has 2 aliphatic carbocycles. The maximum Gasteiger partial charge on any atom is 0.407 e. The molecule has 35 heavy (non-hydrogen) atoms. The van der Waals surface area contributed by atoms with E-state index in [1.807, 2.05) is 0 Å². The molecule has 13 heteroatoms. The summed E-state index contributed by atoms with van der Waals surface area (Å²) in [7, 11) is -2.67. The van der Waals surface area contributed by atoms with Crippen LogP contribution in [0.1, 0.15) is 46.5 Å². The normalized spacial score (nSPS) is 29.1. The quantitative estimate of drug-likeness (QED) is 0.311. The summed E-state index contributed by atoms with van der Waals surface area (Å²) in [6.07, 6.45) is 0.666. The molecule has 3 fully saturated rings. The number of sulfonamides is 1. The molecule has 2 saturated carbocycles. The highest BCUT2D eigenvalue weighted by molar-refractivity contribution is 7.91. The van der Waals surface area contributed by atoms with Gasteiger partial charge in [-0.15, -0.1) is 6.58 Å². The number of methoxy groups -OCH3 is 1. The molecule has 0 radical (unpaired) electrons. The summed E-state index contributed by atoms with van der Waals surface area (Å²) in [5.41, 5.74) is -2.25. The Hall–Kier alpha value is -2.67. The van der Waals surface area contributed by atoms with Crippen molar-refractivity contribution < 1.29 is 37.4 Å². The predicted molar refractivity (Wildman–Crippen MR) is 124 cm³/mol. The lowest BCUT2D eigenvalue weighted by Crippen LogP contribution is -2.60. The molecule has 12 nitrogen and oxygen atoms in total. The van der Waals surface area contributed by atoms with Crippen molar-refractivity contribution in [3.63, 3.8) is 0 Å². The Morgan fingerprint density at radius 2 is 1.86 bits per heavy atom. The van der Waals surface area contributed by atoms with Gasteiger partial charge in [0.2, 0.25) is 21.8 Å². The summed E-state index contributed by atoms with van der Waals surface area (Å²) >= 11 is 0. The van der Waals surface area contributed by atoms with Crippen LogP contribution in [0.3, 0.4) is 0 Å². The average Bonchev–Trinajstić information content (AvgIpc) is 3.67. The average molecular weight is 515 g/mol. The van der Waals surface area contributed by atoms with Gasteiger partial charge in [-0.1, -0.05) is 26.8 Å². The lowest BCUT2D eigenvalue weighted by molar-refractivity contribution is -0.142. The van der Waals surface area contributed by atoms with Gasteiger partial charge in [-0.25, -0.2) is 13.2 Å². The number of alkyl carbamates (subject to hydrolysis) is 1. The van der Waals surface area contributed by atoms with E-state index >= 15 is 0 Å². The van der Waals surface area contributed by atoms with Crippen molar-refractivity contribution >= 4 is 33.8 Å². The van der Waals surface area contributed by atoms with E-state index in [4.69, 9.17) is 0 Å². The van der Waals surface area contributed by atoms with Gasteiger partial charge in [0.1, 0.15) is 17.6 Å². The van der Waals surface area contributed by atoms with E-state index in [1.54, 1.807) is 20.8 Å². The van der Waals surface area contributed by atoms with Crippen LogP contribution < -0.4 is 15.4 Å². The van der Waals surface area contributed by atoms with Crippen LogP contribution in [-0.4, -0.2) is 84.9 Å². The van der Waals surface area contributed by atoms with Crippen molar-refractivity contribution in [2.75, 3.05) is 13.7 Å². The third kappa shape index (κ3) is 5.61. The van der Waals surface area contributed by atoms with E-state index in [-0.39, 0.29) is 19.4 Å². The second-order valence-electron chi connectivity index (χ2n) is 10.5. The second-order valence-corrected chi connectivity index (χ2v) is 12.5. The van der Waals surface area contributed by atoms with Crippen LogP contribution in [0, 0.1) is 11.3 Å². The first kappa shape index (κ1) is 26.9. The fourth-order valence-corrected chi connectivity index (χ4v) is 5.68. The van der Waals surface area contributed by atoms with E-state index in [1.165, 1.54) is 11.0 Å². The van der Waals surface area contributed by atoms with Crippen LogP contribution in [0.15, 0.2) is 12.7 Å². The van der Waals surface area contributed by atoms with Crippen LogP contribution >= 0.6 is 0 Å². The number of aliphatic hydroxyl groups excluding tert-OH is 1. The van der Waals surface area contributed by atoms with Crippen molar-refractivity contribution in [3.05, 3.63) is 12.7 Å². The SMILES string of the molecule is C=C[C@H]1C[C@]1(NC(=O)[C@@H]1C[C@@H](O)CN1C(=O)[C@@H](NC(=O)OC)C(C)(C)C)C(=O)NS(=O)(=O)C1CC1. The van der Waals surface area contributed by atoms with Gasteiger partial charge in [-0.05, 0) is 24.7 Å². The Morgan fingerprint density at radius 3 is 2.34 bits per heavy atom. The summed E-state index contributed by atoms with van der Waals surface area (Å²) in [5, 5.41) is 14.8. The van der Waals surface area contributed by atoms with E-state index in [2.05, 4.69) is 26.7 Å². The maximum atomic E-state index is 13.4. The third-order valence-corrected chi connectivity index (χ3v) is 8.49. The zero-order valence-electron chi connectivity index (χ0n) is 20.4. The van der Waals surface area contributed by atoms with Gasteiger partial charge < -0.3 is 25.4 Å². The Morgan fingerprint density at radius 1 is 1.23 bits per heavy atom. The highest BCUT2D eigenvalue weighted by Gasteiger charge is 2.62. The summed E-state index contributed by atoms with van der Waals surface area (Å²) in [6.45, 7) is 8.69. The largest absolute Gasteiger partial charge is 0.453 e. The predicted octanol–water partition coefficient (Wildman–Crippen LogP) is -0.612. The molecule has 4 amide bonds. The highest BCUT2D eigenvalue weighted by atomic mass is 32.2. The molecule has 3 aliphatic rings. The Bertz CT molecular complexity index is 1020. The summed E-state index contributed by atoms with van der Waals surface area (Å²) in [6, 6.07) is -2.18. The fraction of sp³-hybridized carbons (Fsp3) is 0.727. The number of nitrogens with zero attached hydrogens (tertiary/aromatic N) is 1. The number of hydrogen-bond donors (Lipinski definition) is 4. The number of amides is 4. The maximum absolute atomic E-state index is 13.4. The van der Waals surface area contributed by atoms with Gasteiger partial charge in [0.15, 0.2) is 0 Å². The topological polar surface area (TPSA) is 171 Å². The highest BCUT2D eigenvalue weighted by Crippen LogP contribution is 2.45. The molecule has 3 rings (SSSR count). The van der Waals surface area contributed by atoms with Gasteiger partial charge in [-0.3, -0.25) is 19.1 Å². The van der Waals surface area contributed by atoms with E-state index < -0.39 is 74.1 Å². The molecule has 0 spiro atoms. The number of ether oxygens (including phenoxy) is 1. The lowest BCUT2D eigenvalue weighted by atomic mass is 9.85. The Balaban J connectivity index is 1.79. The van der Waals surface area contributed by atoms with Gasteiger partial charge in [0.05, 0.1) is 18.5 Å². The number of carbonyl (C=O) groups excluding carboxylic acids is 4. The van der Waals surface area contributed by atoms with Gasteiger partial charge in [-0.2, -0.15) is 0 Å². The number of rotatable bonds is 8. The first-order valence-electron chi connectivity index (χ1n) is 11.5. The smallest absolute Gasteiger partial charge is 0.407 e. The number of carbonyl (C=O) groups is 4. The van der Waals surface area contributed by atoms with Crippen LogP contribution in [0.5, 0.6) is 0 Å². The molecule has 0 bridgehead atoms. The number of hydrogen-bond acceptors (Lipinski definition) is 8. The minimum Gasteiger partial charge on any atom is -0.453 e. The lowest BCUT2D eigenvalue weighted by Gasteiger charge is -2.35. The Labute approximate surface area is 204 Å². The molecule has 1 saturated heterocycles. The first-order valence-corrected chi connectivity index (χ1v) is 13.0. The van der Waals surface area contributed by atoms with Crippen LogP contribution in [0.4, 0.5) is 4.79 Å². The molecule has 5 atom stereocenters. The molecular weight excluding hydrogens is 480 g/mol. The van der Waals surface area contributed by atoms with Crippen molar-refractivity contribution in [3.8, 4) is 0 Å². The molecule has 0 aromatic rings. The minimum absolute atomic E-state index is 0.0799. The molecule has 196 valence electrons. The van der Waals surface area contributed by atoms with Gasteiger partial charge in [0.25, 0.3) is 5.91 Å². The van der Waals surface area contributed by atoms with Gasteiger partial charge in [0, 0.05) is 18.9 Å². The van der Waals surface area contributed by atoms with Crippen molar-refractivity contribution in [1.29, 1.82) is 0 Å². The number of likely N-dealkylation sites (tertiary alicyclic amines) is 1. The van der Waals surface area contributed by atoms with Crippen molar-refractivity contribution in [2.24, 2.45) is 11.3 Å². The molecule has 0 aromatic heterocycles. The van der Waals surface area contributed by atoms with E-state index in [0.29, 0.717) is 12.8 Å². The molecule has 4 N–H and O–H groups in total. The van der Waals surface area contributed by atoms with Crippen LogP contribution in [-0.2, 0) is 29.1 Å². The first-order chi connectivity index (χ1) is 16.2. The zero-order chi connectivity index (χ0) is 26.3. The zero-order valence-corrected chi connectivity index (χ0v) is 21.2. The molecule has 0 aromatic carbocycles. The summed E-state index contributed by atoms with van der Waals surface area (Å²) in [5.74, 6) is -2.63. The minimum atomic E-state index is -3.83. The molecule has 1 heterocycles. The molecule has 0 unspecified atom stereocenters. The Kier molecular flexibility index (Phi) is 7.24. The van der Waals surface area contributed by atoms with Crippen LogP contribution in [0.25, 0.3) is 0 Å². The van der Waals surface area contributed by atoms with Crippen molar-refractivity contribution in [1.82, 2.24) is 20.3 Å². The van der Waals surface area contributed by atoms with Crippen molar-refractivity contribution in [2.45, 2.75) is 75.4 Å². The second kappa shape index (κ2) is 9.41. The van der Waals surface area contributed by atoms with Gasteiger partial charge >= 0.3 is 6.09 Å². The standard InChI is InChI=1S/C22H34N4O8S/c1-6-12-10-22(12,19(30)25-35(32,33)14-7-8-14)24-17(28)15-9-13(27)11-26(15)18(29)16(21(2,3)4)23-20(31)34-5/h6,12-16,27H,1,7-11H2,2-5H3,(H,23,31)(H,24,28)(H,25,30)/t12-,13+,15-,16+,22+/m0/s1. The monoisotopic (exact) mass is 514 g/mol. The molecular formula is C22H34N4O8S. The number of aliphatic hydroxyl groups is 1. The number of β-amino-alcohol motifs (C(OH)–C–C–N with tert-alkyl or cyclic N) is 1.